The van der Waals surface area contributed by atoms with E-state index < -0.39 is 0 Å². The zero-order chi connectivity index (χ0) is 14.4. The minimum Gasteiger partial charge on any atom is -0.373 e. The first-order valence-electron chi connectivity index (χ1n) is 7.31. The normalized spacial score (nSPS) is 17.8. The van der Waals surface area contributed by atoms with Crippen LogP contribution in [0.3, 0.4) is 0 Å². The molecule has 0 saturated carbocycles. The molecule has 1 aromatic rings. The fraction of sp³-hybridized carbons (Fsp3) is 0.714. The molecular formula is C14H25N5S. The molecule has 6 heteroatoms. The summed E-state index contributed by atoms with van der Waals surface area (Å²) in [7, 11) is 1.88. The average Bonchev–Trinajstić information content (AvgIpc) is 2.53. The molecule has 1 aliphatic heterocycles. The highest BCUT2D eigenvalue weighted by atomic mass is 32.2. The fourth-order valence-corrected chi connectivity index (χ4v) is 2.85. The lowest BCUT2D eigenvalue weighted by molar-refractivity contribution is 0.180. The highest BCUT2D eigenvalue weighted by Crippen LogP contribution is 2.17. The lowest BCUT2D eigenvalue weighted by Gasteiger charge is -2.32. The van der Waals surface area contributed by atoms with E-state index in [9.17, 15) is 0 Å². The van der Waals surface area contributed by atoms with E-state index in [4.69, 9.17) is 0 Å². The third-order valence-corrected chi connectivity index (χ3v) is 4.28. The van der Waals surface area contributed by atoms with Crippen LogP contribution in [0.5, 0.6) is 0 Å². The predicted molar refractivity (Wildman–Crippen MR) is 86.7 cm³/mol. The lowest BCUT2D eigenvalue weighted by Crippen LogP contribution is -2.41. The zero-order valence-electron chi connectivity index (χ0n) is 12.6. The van der Waals surface area contributed by atoms with Crippen LogP contribution in [-0.4, -0.2) is 53.8 Å². The third kappa shape index (κ3) is 4.24. The van der Waals surface area contributed by atoms with Gasteiger partial charge in [0.2, 0.25) is 0 Å². The minimum absolute atomic E-state index is 0.543. The van der Waals surface area contributed by atoms with Crippen molar-refractivity contribution in [1.29, 1.82) is 0 Å². The Morgan fingerprint density at radius 2 is 1.95 bits per heavy atom. The molecule has 1 saturated heterocycles. The van der Waals surface area contributed by atoms with Gasteiger partial charge in [-0.15, -0.1) is 0 Å². The molecule has 0 aromatic carbocycles. The smallest absolute Gasteiger partial charge is 0.191 e. The first-order chi connectivity index (χ1) is 9.72. The summed E-state index contributed by atoms with van der Waals surface area (Å²) in [5.74, 6) is 1.76. The molecule has 0 amide bonds. The molecule has 2 N–H and O–H groups in total. The van der Waals surface area contributed by atoms with Gasteiger partial charge in [0.25, 0.3) is 0 Å². The molecule has 5 nitrogen and oxygen atoms in total. The quantitative estimate of drug-likeness (QED) is 0.621. The molecule has 0 spiro atoms. The van der Waals surface area contributed by atoms with Gasteiger partial charge in [0.1, 0.15) is 11.6 Å². The number of hydrogen-bond donors (Lipinski definition) is 2. The summed E-state index contributed by atoms with van der Waals surface area (Å²) >= 11 is 1.56. The van der Waals surface area contributed by atoms with E-state index in [1.165, 1.54) is 32.4 Å². The van der Waals surface area contributed by atoms with Crippen LogP contribution in [0.2, 0.25) is 0 Å². The van der Waals surface area contributed by atoms with E-state index in [1.807, 2.05) is 19.4 Å². The van der Waals surface area contributed by atoms with E-state index in [0.717, 1.165) is 23.3 Å². The molecule has 2 heterocycles. The Morgan fingerprint density at radius 1 is 1.25 bits per heavy atom. The number of thioether (sulfide) groups is 1. The standard InChI is InChI=1S/C14H25N5S/c1-11(19-7-5-4-6-8-19)10-16-13-9-12(15-2)17-14(18-13)20-3/h9,11H,4-8,10H2,1-3H3,(H2,15,16,17,18). The number of piperidine rings is 1. The molecule has 112 valence electrons. The first-order valence-corrected chi connectivity index (χ1v) is 8.54. The second-order valence-electron chi connectivity index (χ2n) is 5.20. The summed E-state index contributed by atoms with van der Waals surface area (Å²) in [4.78, 5) is 11.4. The van der Waals surface area contributed by atoms with Gasteiger partial charge < -0.3 is 10.6 Å². The van der Waals surface area contributed by atoms with Crippen molar-refractivity contribution in [1.82, 2.24) is 14.9 Å². The Bertz CT molecular complexity index is 398. The van der Waals surface area contributed by atoms with Crippen LogP contribution in [-0.2, 0) is 0 Å². The number of anilines is 2. The van der Waals surface area contributed by atoms with Crippen molar-refractivity contribution in [3.63, 3.8) is 0 Å². The summed E-state index contributed by atoms with van der Waals surface area (Å²) in [5, 5.41) is 7.32. The second kappa shape index (κ2) is 7.69. The lowest BCUT2D eigenvalue weighted by atomic mass is 10.1. The maximum absolute atomic E-state index is 4.50. The van der Waals surface area contributed by atoms with Gasteiger partial charge in [0.15, 0.2) is 5.16 Å². The molecule has 2 rings (SSSR count). The van der Waals surface area contributed by atoms with Crippen LogP contribution in [0.25, 0.3) is 0 Å². The summed E-state index contributed by atoms with van der Waals surface area (Å²) in [5.41, 5.74) is 0. The molecule has 1 fully saturated rings. The van der Waals surface area contributed by atoms with Crippen LogP contribution in [0.15, 0.2) is 11.2 Å². The van der Waals surface area contributed by atoms with E-state index in [1.54, 1.807) is 11.8 Å². The van der Waals surface area contributed by atoms with Crippen molar-refractivity contribution in [2.45, 2.75) is 37.4 Å². The van der Waals surface area contributed by atoms with Crippen LogP contribution in [0.4, 0.5) is 11.6 Å². The first kappa shape index (κ1) is 15.4. The minimum atomic E-state index is 0.543. The number of nitrogens with one attached hydrogen (secondary N) is 2. The fourth-order valence-electron chi connectivity index (χ4n) is 2.48. The van der Waals surface area contributed by atoms with Crippen molar-refractivity contribution in [2.24, 2.45) is 0 Å². The molecule has 1 unspecified atom stereocenters. The van der Waals surface area contributed by atoms with Crippen molar-refractivity contribution >= 4 is 23.4 Å². The Labute approximate surface area is 125 Å². The van der Waals surface area contributed by atoms with E-state index in [2.05, 4.69) is 32.4 Å². The summed E-state index contributed by atoms with van der Waals surface area (Å²) in [6.45, 7) is 5.66. The van der Waals surface area contributed by atoms with Crippen molar-refractivity contribution in [2.75, 3.05) is 43.6 Å². The highest BCUT2D eigenvalue weighted by molar-refractivity contribution is 7.98. The van der Waals surface area contributed by atoms with E-state index in [-0.39, 0.29) is 0 Å². The molecule has 0 aliphatic carbocycles. The molecule has 1 aliphatic rings. The van der Waals surface area contributed by atoms with Crippen LogP contribution >= 0.6 is 11.8 Å². The Morgan fingerprint density at radius 3 is 2.60 bits per heavy atom. The largest absolute Gasteiger partial charge is 0.373 e. The highest BCUT2D eigenvalue weighted by Gasteiger charge is 2.16. The monoisotopic (exact) mass is 295 g/mol. The molecule has 1 aromatic heterocycles. The molecule has 0 bridgehead atoms. The van der Waals surface area contributed by atoms with Gasteiger partial charge in [-0.25, -0.2) is 9.97 Å². The van der Waals surface area contributed by atoms with E-state index >= 15 is 0 Å². The maximum atomic E-state index is 4.50. The zero-order valence-corrected chi connectivity index (χ0v) is 13.5. The summed E-state index contributed by atoms with van der Waals surface area (Å²) in [6, 6.07) is 2.50. The Hall–Kier alpha value is -1.01. The average molecular weight is 295 g/mol. The molecular weight excluding hydrogens is 270 g/mol. The Kier molecular flexibility index (Phi) is 5.91. The van der Waals surface area contributed by atoms with Gasteiger partial charge in [-0.05, 0) is 39.1 Å². The van der Waals surface area contributed by atoms with E-state index in [0.29, 0.717) is 6.04 Å². The number of hydrogen-bond acceptors (Lipinski definition) is 6. The predicted octanol–water partition coefficient (Wildman–Crippen LogP) is 2.53. The van der Waals surface area contributed by atoms with Crippen LogP contribution in [0.1, 0.15) is 26.2 Å². The van der Waals surface area contributed by atoms with Crippen LogP contribution < -0.4 is 10.6 Å². The topological polar surface area (TPSA) is 53.1 Å². The van der Waals surface area contributed by atoms with Crippen LogP contribution in [0, 0.1) is 0 Å². The molecule has 20 heavy (non-hydrogen) atoms. The SMILES string of the molecule is CNc1cc(NCC(C)N2CCCCC2)nc(SC)n1. The maximum Gasteiger partial charge on any atom is 0.191 e. The second-order valence-corrected chi connectivity index (χ2v) is 5.98. The molecule has 1 atom stereocenters. The molecule has 0 radical (unpaired) electrons. The van der Waals surface area contributed by atoms with Gasteiger partial charge in [-0.1, -0.05) is 18.2 Å². The van der Waals surface area contributed by atoms with Gasteiger partial charge in [-0.2, -0.15) is 0 Å². The van der Waals surface area contributed by atoms with Gasteiger partial charge >= 0.3 is 0 Å². The summed E-state index contributed by atoms with van der Waals surface area (Å²) in [6.07, 6.45) is 6.04. The number of likely N-dealkylation sites (tertiary alicyclic amines) is 1. The van der Waals surface area contributed by atoms with Crippen molar-refractivity contribution in [3.05, 3.63) is 6.07 Å². The number of rotatable bonds is 6. The summed E-state index contributed by atoms with van der Waals surface area (Å²) < 4.78 is 0. The Balaban J connectivity index is 1.92. The van der Waals surface area contributed by atoms with Gasteiger partial charge in [-0.3, -0.25) is 4.90 Å². The number of nitrogens with zero attached hydrogens (tertiary/aromatic N) is 3. The van der Waals surface area contributed by atoms with Crippen molar-refractivity contribution in [3.8, 4) is 0 Å². The third-order valence-electron chi connectivity index (χ3n) is 3.74. The van der Waals surface area contributed by atoms with Gasteiger partial charge in [0.05, 0.1) is 0 Å². The van der Waals surface area contributed by atoms with Crippen molar-refractivity contribution < 1.29 is 0 Å². The van der Waals surface area contributed by atoms with Gasteiger partial charge in [0, 0.05) is 25.7 Å². The number of aromatic nitrogens is 2.